The highest BCUT2D eigenvalue weighted by atomic mass is 16.2. The molecule has 2 heterocycles. The minimum Gasteiger partial charge on any atom is -0.345 e. The van der Waals surface area contributed by atoms with E-state index in [1.165, 1.54) is 0 Å². The van der Waals surface area contributed by atoms with E-state index in [2.05, 4.69) is 6.58 Å². The Morgan fingerprint density at radius 1 is 1.16 bits per heavy atom. The van der Waals surface area contributed by atoms with Crippen LogP contribution in [0, 0.1) is 0 Å². The van der Waals surface area contributed by atoms with Crippen LogP contribution >= 0.6 is 0 Å². The molecule has 1 aliphatic rings. The van der Waals surface area contributed by atoms with Crippen LogP contribution in [0.3, 0.4) is 0 Å². The van der Waals surface area contributed by atoms with Crippen LogP contribution in [-0.2, 0) is 11.3 Å². The summed E-state index contributed by atoms with van der Waals surface area (Å²) in [5, 5.41) is 1.63. The molecule has 1 aliphatic heterocycles. The number of nitrogens with zero attached hydrogens (tertiary/aromatic N) is 3. The number of aromatic nitrogens is 1. The van der Waals surface area contributed by atoms with Crippen molar-refractivity contribution in [2.75, 3.05) is 14.1 Å². The van der Waals surface area contributed by atoms with Crippen molar-refractivity contribution in [1.82, 2.24) is 9.47 Å². The summed E-state index contributed by atoms with van der Waals surface area (Å²) in [5.74, 6) is -0.0289. The van der Waals surface area contributed by atoms with Crippen LogP contribution in [0.15, 0.2) is 76.7 Å². The Morgan fingerprint density at radius 2 is 1.90 bits per heavy atom. The first-order valence-corrected chi connectivity index (χ1v) is 10.3. The summed E-state index contributed by atoms with van der Waals surface area (Å²) < 4.78 is 1.70. The largest absolute Gasteiger partial charge is 0.345 e. The molecule has 3 aromatic rings. The zero-order valence-corrected chi connectivity index (χ0v) is 18.1. The maximum Gasteiger partial charge on any atom is 0.258 e. The molecule has 0 radical (unpaired) electrons. The molecule has 1 amide bonds. The Kier molecular flexibility index (Phi) is 5.42. The molecule has 0 bridgehead atoms. The summed E-state index contributed by atoms with van der Waals surface area (Å²) in [5.41, 5.74) is 5.19. The number of likely N-dealkylation sites (N-methyl/N-ethyl adjacent to an activating group) is 1. The number of benzene rings is 2. The lowest BCUT2D eigenvalue weighted by Gasteiger charge is -2.12. The number of hydrogen-bond acceptors (Lipinski definition) is 3. The van der Waals surface area contributed by atoms with Gasteiger partial charge >= 0.3 is 0 Å². The number of rotatable bonds is 4. The lowest BCUT2D eigenvalue weighted by atomic mass is 9.99. The third-order valence-corrected chi connectivity index (χ3v) is 5.56. The average molecular weight is 412 g/mol. The van der Waals surface area contributed by atoms with E-state index in [1.807, 2.05) is 61.7 Å². The minimum atomic E-state index is -0.0289. The second-order valence-corrected chi connectivity index (χ2v) is 7.84. The Bertz CT molecular complexity index is 1330. The zero-order chi connectivity index (χ0) is 22.1. The molecule has 5 nitrogen and oxygen atoms in total. The topological polar surface area (TPSA) is 54.7 Å². The monoisotopic (exact) mass is 411 g/mol. The molecular formula is C26H25N3O2. The normalized spacial score (nSPS) is 13.1. The third-order valence-electron chi connectivity index (χ3n) is 5.56. The second-order valence-electron chi connectivity index (χ2n) is 7.84. The van der Waals surface area contributed by atoms with Gasteiger partial charge in [0.05, 0.1) is 5.69 Å². The van der Waals surface area contributed by atoms with Gasteiger partial charge in [0.2, 0.25) is 5.91 Å². The molecule has 0 saturated carbocycles. The maximum atomic E-state index is 12.5. The van der Waals surface area contributed by atoms with Crippen molar-refractivity contribution in [3.05, 3.63) is 82.8 Å². The summed E-state index contributed by atoms with van der Waals surface area (Å²) in [4.78, 5) is 31.4. The first-order chi connectivity index (χ1) is 14.9. The van der Waals surface area contributed by atoms with Gasteiger partial charge in [-0.15, -0.1) is 0 Å². The van der Waals surface area contributed by atoms with E-state index in [4.69, 9.17) is 4.99 Å². The van der Waals surface area contributed by atoms with Gasteiger partial charge in [-0.25, -0.2) is 0 Å². The fraction of sp³-hybridized carbons (Fsp3) is 0.192. The Morgan fingerprint density at radius 3 is 2.61 bits per heavy atom. The van der Waals surface area contributed by atoms with Crippen LogP contribution in [0.5, 0.6) is 0 Å². The number of aryl methyl sites for hydroxylation is 1. The van der Waals surface area contributed by atoms with Crippen LogP contribution in [0.2, 0.25) is 0 Å². The lowest BCUT2D eigenvalue weighted by Crippen LogP contribution is -2.24. The number of allylic oxidation sites excluding steroid dienone is 1. The average Bonchev–Trinajstić information content (AvgIpc) is 2.97. The number of amides is 1. The Hall–Kier alpha value is -3.73. The first kappa shape index (κ1) is 20.5. The molecule has 0 atom stereocenters. The predicted octanol–water partition coefficient (Wildman–Crippen LogP) is 4.82. The van der Waals surface area contributed by atoms with Crippen molar-refractivity contribution in [2.24, 2.45) is 4.99 Å². The van der Waals surface area contributed by atoms with Crippen molar-refractivity contribution >= 4 is 34.2 Å². The van der Waals surface area contributed by atoms with Crippen molar-refractivity contribution in [1.29, 1.82) is 0 Å². The summed E-state index contributed by atoms with van der Waals surface area (Å²) in [6.45, 7) is 6.47. The molecule has 0 spiro atoms. The summed E-state index contributed by atoms with van der Waals surface area (Å²) in [6.07, 6.45) is 5.90. The number of hydrogen-bond donors (Lipinski definition) is 0. The molecule has 0 saturated heterocycles. The van der Waals surface area contributed by atoms with Crippen LogP contribution < -0.4 is 5.56 Å². The minimum absolute atomic E-state index is 0.0249. The Labute approximate surface area is 181 Å². The SMILES string of the molecule is C=CC1=Nc2cc(-c3ccc4c(=O)n(CC)ccc4c3)ccc2C=C(C(=O)N(C)C)C1. The van der Waals surface area contributed by atoms with Gasteiger partial charge in [0, 0.05) is 55.5 Å². The lowest BCUT2D eigenvalue weighted by molar-refractivity contribution is -0.124. The molecular weight excluding hydrogens is 386 g/mol. The second kappa shape index (κ2) is 8.19. The van der Waals surface area contributed by atoms with Gasteiger partial charge in [-0.05, 0) is 59.9 Å². The van der Waals surface area contributed by atoms with Crippen molar-refractivity contribution < 1.29 is 4.79 Å². The van der Waals surface area contributed by atoms with E-state index in [1.54, 1.807) is 29.6 Å². The number of fused-ring (bicyclic) bond motifs is 2. The summed E-state index contributed by atoms with van der Waals surface area (Å²) in [7, 11) is 3.50. The van der Waals surface area contributed by atoms with Crippen molar-refractivity contribution in [2.45, 2.75) is 19.9 Å². The fourth-order valence-electron chi connectivity index (χ4n) is 3.83. The standard InChI is InChI=1S/C26H25N3O2/c1-5-22-15-21(25(30)28(3)4)14-20-8-7-18(16-24(20)27-22)17-9-10-23-19(13-17)11-12-29(6-2)26(23)31/h5,7-14,16H,1,6,15H2,2-4H3. The molecule has 0 N–H and O–H groups in total. The number of aliphatic imine (C=N–C) groups is 1. The summed E-state index contributed by atoms with van der Waals surface area (Å²) in [6, 6.07) is 13.9. The molecule has 31 heavy (non-hydrogen) atoms. The van der Waals surface area contributed by atoms with E-state index >= 15 is 0 Å². The highest BCUT2D eigenvalue weighted by Crippen LogP contribution is 2.33. The highest BCUT2D eigenvalue weighted by Gasteiger charge is 2.18. The molecule has 2 aromatic carbocycles. The molecule has 4 rings (SSSR count). The van der Waals surface area contributed by atoms with E-state index in [-0.39, 0.29) is 11.5 Å². The third kappa shape index (κ3) is 3.87. The van der Waals surface area contributed by atoms with E-state index in [9.17, 15) is 9.59 Å². The number of carbonyl (C=O) groups excluding carboxylic acids is 1. The molecule has 156 valence electrons. The number of pyridine rings is 1. The first-order valence-electron chi connectivity index (χ1n) is 10.3. The van der Waals surface area contributed by atoms with Gasteiger partial charge in [-0.1, -0.05) is 24.8 Å². The van der Waals surface area contributed by atoms with Gasteiger partial charge in [-0.3, -0.25) is 14.6 Å². The quantitative estimate of drug-likeness (QED) is 0.618. The van der Waals surface area contributed by atoms with Gasteiger partial charge in [-0.2, -0.15) is 0 Å². The van der Waals surface area contributed by atoms with Crippen molar-refractivity contribution in [3.8, 4) is 11.1 Å². The van der Waals surface area contributed by atoms with E-state index in [0.29, 0.717) is 23.9 Å². The van der Waals surface area contributed by atoms with Crippen LogP contribution in [0.25, 0.3) is 28.0 Å². The van der Waals surface area contributed by atoms with E-state index < -0.39 is 0 Å². The van der Waals surface area contributed by atoms with Crippen molar-refractivity contribution in [3.63, 3.8) is 0 Å². The van der Waals surface area contributed by atoms with Gasteiger partial charge in [0.1, 0.15) is 0 Å². The molecule has 0 unspecified atom stereocenters. The fourth-order valence-corrected chi connectivity index (χ4v) is 3.83. The molecule has 5 heteroatoms. The Balaban J connectivity index is 1.81. The highest BCUT2D eigenvalue weighted by molar-refractivity contribution is 6.09. The van der Waals surface area contributed by atoms with Crippen LogP contribution in [-0.4, -0.2) is 35.2 Å². The van der Waals surface area contributed by atoms with Crippen LogP contribution in [0.4, 0.5) is 5.69 Å². The summed E-state index contributed by atoms with van der Waals surface area (Å²) >= 11 is 0. The molecule has 0 fully saturated rings. The van der Waals surface area contributed by atoms with Crippen LogP contribution in [0.1, 0.15) is 18.9 Å². The van der Waals surface area contributed by atoms with Gasteiger partial charge in [0.25, 0.3) is 5.56 Å². The predicted molar refractivity (Wildman–Crippen MR) is 128 cm³/mol. The maximum absolute atomic E-state index is 12.5. The zero-order valence-electron chi connectivity index (χ0n) is 18.1. The number of carbonyl (C=O) groups is 1. The van der Waals surface area contributed by atoms with Gasteiger partial charge < -0.3 is 9.47 Å². The molecule has 1 aromatic heterocycles. The van der Waals surface area contributed by atoms with Gasteiger partial charge in [0.15, 0.2) is 0 Å². The molecule has 0 aliphatic carbocycles. The smallest absolute Gasteiger partial charge is 0.258 e. The van der Waals surface area contributed by atoms with E-state index in [0.717, 1.165) is 33.5 Å².